The number of ether oxygens (including phenoxy) is 2. The van der Waals surface area contributed by atoms with Crippen molar-refractivity contribution in [2.75, 3.05) is 58.6 Å². The number of nitrogens with zero attached hydrogens (tertiary/aromatic N) is 3. The molecule has 11 nitrogen and oxygen atoms in total. The number of hydrogen-bond acceptors (Lipinski definition) is 9. The second kappa shape index (κ2) is 13.3. The fourth-order valence-corrected chi connectivity index (χ4v) is 5.64. The minimum Gasteiger partial charge on any atom is -0.451 e. The van der Waals surface area contributed by atoms with Gasteiger partial charge < -0.3 is 25.0 Å². The normalized spacial score (nSPS) is 11.6. The van der Waals surface area contributed by atoms with Gasteiger partial charge in [0.05, 0.1) is 34.6 Å². The van der Waals surface area contributed by atoms with Gasteiger partial charge in [-0.1, -0.05) is 6.07 Å². The minimum atomic E-state index is -4.40. The summed E-state index contributed by atoms with van der Waals surface area (Å²) in [7, 11) is 2.23. The number of methoxy groups -OCH3 is 2. The summed E-state index contributed by atoms with van der Waals surface area (Å²) < 4.78 is 65.0. The summed E-state index contributed by atoms with van der Waals surface area (Å²) in [5.74, 6) is -2.84. The predicted octanol–water partition coefficient (Wildman–Crippen LogP) is 4.18. The standard InChI is InChI=1S/C29H31F2N5O6S/c1-35(2)11-9-18-5-7-23(25(13-18)32-10-12-41-3)28(37)33-27-24-17-21(6-8-26(24)36(34-27)29(38)42-4)43(39,40)22-15-19(30)14-20(31)16-22/h5-8,13-17,32H,9-12H2,1-4H3,(H,33,34,37). The maximum absolute atomic E-state index is 13.8. The highest BCUT2D eigenvalue weighted by Gasteiger charge is 2.25. The van der Waals surface area contributed by atoms with Crippen LogP contribution in [0.15, 0.2) is 64.4 Å². The first-order valence-corrected chi connectivity index (χ1v) is 14.6. The first-order chi connectivity index (χ1) is 20.4. The number of anilines is 2. The van der Waals surface area contributed by atoms with Crippen molar-refractivity contribution < 1.29 is 36.3 Å². The zero-order valence-electron chi connectivity index (χ0n) is 24.0. The summed E-state index contributed by atoms with van der Waals surface area (Å²) in [6.07, 6.45) is -0.144. The van der Waals surface area contributed by atoms with Gasteiger partial charge in [0.2, 0.25) is 9.84 Å². The molecule has 1 aromatic heterocycles. The lowest BCUT2D eigenvalue weighted by Gasteiger charge is -2.15. The SMILES string of the molecule is COCCNc1cc(CCN(C)C)ccc1C(=O)Nc1nn(C(=O)OC)c2ccc(S(=O)(=O)c3cc(F)cc(F)c3)cc12. The quantitative estimate of drug-likeness (QED) is 0.239. The van der Waals surface area contributed by atoms with Crippen molar-refractivity contribution >= 4 is 44.2 Å². The molecular formula is C29H31F2N5O6S. The summed E-state index contributed by atoms with van der Waals surface area (Å²) >= 11 is 0. The smallest absolute Gasteiger partial charge is 0.435 e. The molecule has 0 unspecified atom stereocenters. The Morgan fingerprint density at radius 1 is 0.977 bits per heavy atom. The molecule has 228 valence electrons. The van der Waals surface area contributed by atoms with Crippen molar-refractivity contribution in [2.45, 2.75) is 16.2 Å². The van der Waals surface area contributed by atoms with E-state index in [1.807, 2.05) is 31.1 Å². The molecule has 0 saturated heterocycles. The van der Waals surface area contributed by atoms with Gasteiger partial charge in [-0.05, 0) is 68.5 Å². The molecule has 4 aromatic rings. The van der Waals surface area contributed by atoms with Crippen LogP contribution in [0.1, 0.15) is 15.9 Å². The maximum Gasteiger partial charge on any atom is 0.435 e. The lowest BCUT2D eigenvalue weighted by molar-refractivity contribution is 0.102. The molecule has 43 heavy (non-hydrogen) atoms. The van der Waals surface area contributed by atoms with Gasteiger partial charge in [0.1, 0.15) is 11.6 Å². The lowest BCUT2D eigenvalue weighted by Crippen LogP contribution is -2.19. The summed E-state index contributed by atoms with van der Waals surface area (Å²) in [6, 6.07) is 10.9. The molecule has 0 aliphatic rings. The molecule has 0 fully saturated rings. The van der Waals surface area contributed by atoms with Gasteiger partial charge in [-0.2, -0.15) is 4.68 Å². The number of hydrogen-bond donors (Lipinski definition) is 2. The van der Waals surface area contributed by atoms with E-state index in [9.17, 15) is 26.8 Å². The molecule has 2 N–H and O–H groups in total. The first-order valence-electron chi connectivity index (χ1n) is 13.1. The van der Waals surface area contributed by atoms with E-state index >= 15 is 0 Å². The average molecular weight is 616 g/mol. The van der Waals surface area contributed by atoms with Crippen LogP contribution in [-0.2, 0) is 25.7 Å². The second-order valence-corrected chi connectivity index (χ2v) is 11.8. The summed E-state index contributed by atoms with van der Waals surface area (Å²) in [5.41, 5.74) is 1.93. The topological polar surface area (TPSA) is 132 Å². The van der Waals surface area contributed by atoms with Crippen molar-refractivity contribution in [2.24, 2.45) is 0 Å². The molecule has 1 amide bonds. The van der Waals surface area contributed by atoms with Crippen LogP contribution in [0.5, 0.6) is 0 Å². The summed E-state index contributed by atoms with van der Waals surface area (Å²) in [6.45, 7) is 1.62. The molecule has 0 radical (unpaired) electrons. The molecular weight excluding hydrogens is 584 g/mol. The highest BCUT2D eigenvalue weighted by Crippen LogP contribution is 2.31. The number of benzene rings is 3. The van der Waals surface area contributed by atoms with E-state index in [1.165, 1.54) is 6.07 Å². The van der Waals surface area contributed by atoms with Crippen molar-refractivity contribution in [3.8, 4) is 0 Å². The fourth-order valence-electron chi connectivity index (χ4n) is 4.31. The first kappa shape index (κ1) is 31.5. The Labute approximate surface area is 247 Å². The van der Waals surface area contributed by atoms with Crippen LogP contribution in [0.4, 0.5) is 25.1 Å². The van der Waals surface area contributed by atoms with Gasteiger partial charge in [0.15, 0.2) is 5.82 Å². The Morgan fingerprint density at radius 3 is 2.35 bits per heavy atom. The Kier molecular flexibility index (Phi) is 9.73. The molecule has 3 aromatic carbocycles. The zero-order valence-corrected chi connectivity index (χ0v) is 24.8. The Balaban J connectivity index is 1.76. The Bertz CT molecular complexity index is 1750. The maximum atomic E-state index is 13.8. The average Bonchev–Trinajstić information content (AvgIpc) is 3.32. The third kappa shape index (κ3) is 7.16. The van der Waals surface area contributed by atoms with Gasteiger partial charge in [-0.3, -0.25) is 4.79 Å². The van der Waals surface area contributed by atoms with E-state index in [1.54, 1.807) is 13.2 Å². The van der Waals surface area contributed by atoms with E-state index in [0.717, 1.165) is 42.5 Å². The molecule has 14 heteroatoms. The molecule has 0 spiro atoms. The van der Waals surface area contributed by atoms with E-state index in [4.69, 9.17) is 9.47 Å². The highest BCUT2D eigenvalue weighted by atomic mass is 32.2. The highest BCUT2D eigenvalue weighted by molar-refractivity contribution is 7.91. The van der Waals surface area contributed by atoms with Crippen LogP contribution in [-0.4, -0.2) is 83.1 Å². The fraction of sp³-hybridized carbons (Fsp3) is 0.276. The van der Waals surface area contributed by atoms with Gasteiger partial charge in [0.25, 0.3) is 5.91 Å². The summed E-state index contributed by atoms with van der Waals surface area (Å²) in [4.78, 5) is 27.1. The third-order valence-electron chi connectivity index (χ3n) is 6.49. The van der Waals surface area contributed by atoms with Gasteiger partial charge >= 0.3 is 6.09 Å². The van der Waals surface area contributed by atoms with Crippen LogP contribution in [0, 0.1) is 11.6 Å². The number of carbonyl (C=O) groups is 2. The largest absolute Gasteiger partial charge is 0.451 e. The molecule has 4 rings (SSSR count). The van der Waals surface area contributed by atoms with Gasteiger partial charge in [-0.25, -0.2) is 22.0 Å². The van der Waals surface area contributed by atoms with E-state index in [2.05, 4.69) is 15.7 Å². The van der Waals surface area contributed by atoms with E-state index < -0.39 is 38.4 Å². The number of amides is 1. The van der Waals surface area contributed by atoms with Crippen molar-refractivity contribution in [3.05, 3.63) is 77.4 Å². The Morgan fingerprint density at radius 2 is 1.70 bits per heavy atom. The van der Waals surface area contributed by atoms with E-state index in [-0.39, 0.29) is 27.2 Å². The molecule has 0 bridgehead atoms. The second-order valence-electron chi connectivity index (χ2n) is 9.82. The number of likely N-dealkylation sites (N-methyl/N-ethyl adjacent to an activating group) is 1. The Hall–Kier alpha value is -4.40. The lowest BCUT2D eigenvalue weighted by atomic mass is 10.1. The van der Waals surface area contributed by atoms with Crippen LogP contribution < -0.4 is 10.6 Å². The predicted molar refractivity (Wildman–Crippen MR) is 156 cm³/mol. The monoisotopic (exact) mass is 615 g/mol. The van der Waals surface area contributed by atoms with Crippen LogP contribution >= 0.6 is 0 Å². The molecule has 0 aliphatic heterocycles. The van der Waals surface area contributed by atoms with Gasteiger partial charge in [0, 0.05) is 37.3 Å². The third-order valence-corrected chi connectivity index (χ3v) is 8.22. The van der Waals surface area contributed by atoms with Crippen molar-refractivity contribution in [1.29, 1.82) is 0 Å². The zero-order chi connectivity index (χ0) is 31.3. The molecule has 1 heterocycles. The van der Waals surface area contributed by atoms with Crippen LogP contribution in [0.3, 0.4) is 0 Å². The number of nitrogens with one attached hydrogen (secondary N) is 2. The van der Waals surface area contributed by atoms with Crippen molar-refractivity contribution in [3.63, 3.8) is 0 Å². The number of rotatable bonds is 11. The molecule has 0 atom stereocenters. The number of halogens is 2. The number of aromatic nitrogens is 2. The van der Waals surface area contributed by atoms with Gasteiger partial charge in [-0.15, -0.1) is 5.10 Å². The van der Waals surface area contributed by atoms with Crippen LogP contribution in [0.25, 0.3) is 10.9 Å². The minimum absolute atomic E-state index is 0.0770. The number of carbonyl (C=O) groups excluding carboxylic acids is 2. The van der Waals surface area contributed by atoms with Crippen LogP contribution in [0.2, 0.25) is 0 Å². The molecule has 0 aliphatic carbocycles. The molecule has 0 saturated carbocycles. The number of fused-ring (bicyclic) bond motifs is 1. The number of sulfone groups is 1. The van der Waals surface area contributed by atoms with Crippen molar-refractivity contribution in [1.82, 2.24) is 14.7 Å². The van der Waals surface area contributed by atoms with E-state index in [0.29, 0.717) is 37.0 Å². The summed E-state index contributed by atoms with van der Waals surface area (Å²) in [5, 5.41) is 10.1.